The molecule has 2 unspecified atom stereocenters. The summed E-state index contributed by atoms with van der Waals surface area (Å²) in [6, 6.07) is 0. The number of likely N-dealkylation sites (tertiary alicyclic amines) is 1. The molecule has 1 heterocycles. The zero-order valence-electron chi connectivity index (χ0n) is 11.8. The van der Waals surface area contributed by atoms with Crippen molar-refractivity contribution in [2.45, 2.75) is 53.5 Å². The fraction of sp³-hybridized carbons (Fsp3) is 0.867. The van der Waals surface area contributed by atoms with E-state index in [2.05, 4.69) is 52.5 Å². The Labute approximate surface area is 101 Å². The molecule has 92 valence electrons. The first-order valence-corrected chi connectivity index (χ1v) is 6.64. The van der Waals surface area contributed by atoms with E-state index >= 15 is 0 Å². The molecule has 0 aromatic carbocycles. The molecule has 2 atom stereocenters. The fourth-order valence-corrected chi connectivity index (χ4v) is 3.01. The van der Waals surface area contributed by atoms with Crippen molar-refractivity contribution in [1.82, 2.24) is 4.90 Å². The molecule has 2 rings (SSSR count). The molecule has 16 heavy (non-hydrogen) atoms. The van der Waals surface area contributed by atoms with Gasteiger partial charge in [0.25, 0.3) is 0 Å². The highest BCUT2D eigenvalue weighted by Crippen LogP contribution is 2.44. The van der Waals surface area contributed by atoms with E-state index in [1.807, 2.05) is 0 Å². The normalized spacial score (nSPS) is 31.8. The predicted molar refractivity (Wildman–Crippen MR) is 70.5 cm³/mol. The van der Waals surface area contributed by atoms with Gasteiger partial charge >= 0.3 is 0 Å². The largest absolute Gasteiger partial charge is 0.298 e. The van der Waals surface area contributed by atoms with E-state index in [1.165, 1.54) is 19.5 Å². The van der Waals surface area contributed by atoms with Gasteiger partial charge in [0.1, 0.15) is 0 Å². The predicted octanol–water partition coefficient (Wildman–Crippen LogP) is 3.71. The molecular weight excluding hydrogens is 194 g/mol. The third kappa shape index (κ3) is 2.20. The number of hydrogen-bond donors (Lipinski definition) is 0. The summed E-state index contributed by atoms with van der Waals surface area (Å²) in [5.41, 5.74) is 2.42. The molecule has 1 aliphatic carbocycles. The van der Waals surface area contributed by atoms with E-state index in [9.17, 15) is 0 Å². The standard InChI is InChI=1S/C15H27N/c1-14(2,3)13-7-11-9-16(15(4,5)6)10-12(11)8-13/h7,11-12H,8-10H2,1-6H3. The van der Waals surface area contributed by atoms with Crippen LogP contribution in [0.1, 0.15) is 48.0 Å². The van der Waals surface area contributed by atoms with Crippen LogP contribution in [0.3, 0.4) is 0 Å². The third-order valence-corrected chi connectivity index (χ3v) is 4.30. The van der Waals surface area contributed by atoms with Crippen molar-refractivity contribution in [2.24, 2.45) is 17.3 Å². The molecule has 1 aliphatic heterocycles. The van der Waals surface area contributed by atoms with Gasteiger partial charge in [0, 0.05) is 18.6 Å². The van der Waals surface area contributed by atoms with Gasteiger partial charge in [-0.15, -0.1) is 0 Å². The summed E-state index contributed by atoms with van der Waals surface area (Å²) < 4.78 is 0. The lowest BCUT2D eigenvalue weighted by Crippen LogP contribution is -2.40. The topological polar surface area (TPSA) is 3.24 Å². The molecule has 0 saturated carbocycles. The number of fused-ring (bicyclic) bond motifs is 1. The van der Waals surface area contributed by atoms with Gasteiger partial charge in [-0.1, -0.05) is 32.4 Å². The summed E-state index contributed by atoms with van der Waals surface area (Å²) in [6.07, 6.45) is 3.91. The molecule has 0 bridgehead atoms. The number of hydrogen-bond acceptors (Lipinski definition) is 1. The van der Waals surface area contributed by atoms with Gasteiger partial charge in [0.2, 0.25) is 0 Å². The van der Waals surface area contributed by atoms with Crippen LogP contribution >= 0.6 is 0 Å². The molecule has 0 radical (unpaired) electrons. The second-order valence-electron chi connectivity index (χ2n) is 7.65. The highest BCUT2D eigenvalue weighted by molar-refractivity contribution is 5.22. The lowest BCUT2D eigenvalue weighted by Gasteiger charge is -2.32. The average Bonchev–Trinajstić information content (AvgIpc) is 2.53. The summed E-state index contributed by atoms with van der Waals surface area (Å²) >= 11 is 0. The van der Waals surface area contributed by atoms with Crippen molar-refractivity contribution in [1.29, 1.82) is 0 Å². The van der Waals surface area contributed by atoms with E-state index < -0.39 is 0 Å². The van der Waals surface area contributed by atoms with Crippen molar-refractivity contribution in [2.75, 3.05) is 13.1 Å². The molecule has 1 heteroatoms. The van der Waals surface area contributed by atoms with Gasteiger partial charge in [0.05, 0.1) is 0 Å². The smallest absolute Gasteiger partial charge is 0.0125 e. The minimum Gasteiger partial charge on any atom is -0.298 e. The van der Waals surface area contributed by atoms with Crippen LogP contribution in [0.2, 0.25) is 0 Å². The summed E-state index contributed by atoms with van der Waals surface area (Å²) in [5.74, 6) is 1.72. The quantitative estimate of drug-likeness (QED) is 0.564. The number of nitrogens with zero attached hydrogens (tertiary/aromatic N) is 1. The van der Waals surface area contributed by atoms with Crippen molar-refractivity contribution in [3.8, 4) is 0 Å². The van der Waals surface area contributed by atoms with Crippen molar-refractivity contribution in [3.63, 3.8) is 0 Å². The first kappa shape index (κ1) is 12.2. The van der Waals surface area contributed by atoms with Crippen molar-refractivity contribution >= 4 is 0 Å². The molecule has 1 nitrogen and oxygen atoms in total. The van der Waals surface area contributed by atoms with Crippen LogP contribution in [0, 0.1) is 17.3 Å². The molecule has 0 aromatic rings. The maximum Gasteiger partial charge on any atom is 0.0125 e. The zero-order valence-corrected chi connectivity index (χ0v) is 11.8. The maximum absolute atomic E-state index is 2.65. The number of rotatable bonds is 0. The Morgan fingerprint density at radius 1 is 1.06 bits per heavy atom. The Morgan fingerprint density at radius 3 is 2.12 bits per heavy atom. The van der Waals surface area contributed by atoms with Crippen LogP contribution in [-0.2, 0) is 0 Å². The van der Waals surface area contributed by atoms with E-state index in [0.29, 0.717) is 11.0 Å². The lowest BCUT2D eigenvalue weighted by molar-refractivity contribution is 0.165. The Bertz CT molecular complexity index is 300. The van der Waals surface area contributed by atoms with Gasteiger partial charge < -0.3 is 0 Å². The van der Waals surface area contributed by atoms with E-state index in [-0.39, 0.29) is 0 Å². The highest BCUT2D eigenvalue weighted by Gasteiger charge is 2.41. The summed E-state index contributed by atoms with van der Waals surface area (Å²) in [7, 11) is 0. The molecule has 0 N–H and O–H groups in total. The molecule has 0 amide bonds. The van der Waals surface area contributed by atoms with Crippen LogP contribution in [0.15, 0.2) is 11.6 Å². The van der Waals surface area contributed by atoms with Crippen LogP contribution < -0.4 is 0 Å². The summed E-state index contributed by atoms with van der Waals surface area (Å²) in [5, 5.41) is 0. The minimum absolute atomic E-state index is 0.347. The maximum atomic E-state index is 2.65. The Kier molecular flexibility index (Phi) is 2.73. The zero-order chi connectivity index (χ0) is 12.1. The SMILES string of the molecule is CC(C)(C)C1=CC2CN(C(C)(C)C)CC2C1. The van der Waals surface area contributed by atoms with Crippen LogP contribution in [0.4, 0.5) is 0 Å². The van der Waals surface area contributed by atoms with Gasteiger partial charge in [-0.2, -0.15) is 0 Å². The van der Waals surface area contributed by atoms with Crippen molar-refractivity contribution < 1.29 is 0 Å². The monoisotopic (exact) mass is 221 g/mol. The van der Waals surface area contributed by atoms with Gasteiger partial charge in [0.15, 0.2) is 0 Å². The first-order chi connectivity index (χ1) is 7.18. The molecule has 0 aromatic heterocycles. The lowest BCUT2D eigenvalue weighted by atomic mass is 9.85. The second kappa shape index (κ2) is 3.60. The Balaban J connectivity index is 2.06. The second-order valence-corrected chi connectivity index (χ2v) is 7.65. The Morgan fingerprint density at radius 2 is 1.69 bits per heavy atom. The highest BCUT2D eigenvalue weighted by atomic mass is 15.2. The van der Waals surface area contributed by atoms with E-state index in [4.69, 9.17) is 0 Å². The molecule has 1 saturated heterocycles. The van der Waals surface area contributed by atoms with E-state index in [1.54, 1.807) is 5.57 Å². The third-order valence-electron chi connectivity index (χ3n) is 4.30. The van der Waals surface area contributed by atoms with Gasteiger partial charge in [-0.3, -0.25) is 4.90 Å². The summed E-state index contributed by atoms with van der Waals surface area (Å²) in [6.45, 7) is 16.6. The van der Waals surface area contributed by atoms with Crippen LogP contribution in [0.25, 0.3) is 0 Å². The van der Waals surface area contributed by atoms with Gasteiger partial charge in [-0.25, -0.2) is 0 Å². The minimum atomic E-state index is 0.347. The van der Waals surface area contributed by atoms with Gasteiger partial charge in [-0.05, 0) is 44.4 Å². The Hall–Kier alpha value is -0.300. The van der Waals surface area contributed by atoms with Crippen LogP contribution in [0.5, 0.6) is 0 Å². The molecule has 2 aliphatic rings. The van der Waals surface area contributed by atoms with Crippen molar-refractivity contribution in [3.05, 3.63) is 11.6 Å². The molecular formula is C15H27N. The summed E-state index contributed by atoms with van der Waals surface area (Å²) in [4.78, 5) is 2.65. The van der Waals surface area contributed by atoms with Crippen LogP contribution in [-0.4, -0.2) is 23.5 Å². The van der Waals surface area contributed by atoms with E-state index in [0.717, 1.165) is 11.8 Å². The average molecular weight is 221 g/mol. The first-order valence-electron chi connectivity index (χ1n) is 6.64. The molecule has 1 fully saturated rings. The number of allylic oxidation sites excluding steroid dienone is 1. The molecule has 0 spiro atoms. The fourth-order valence-electron chi connectivity index (χ4n) is 3.01.